The number of fused-ring (bicyclic) bond motifs is 1. The molecule has 2 aromatic heterocycles. The number of carbonyl (C=O) groups is 1. The zero-order valence-corrected chi connectivity index (χ0v) is 15.1. The molecular formula is C19H21N5O3. The highest BCUT2D eigenvalue weighted by molar-refractivity contribution is 5.92. The Kier molecular flexibility index (Phi) is 4.77. The zero-order valence-electron chi connectivity index (χ0n) is 15.1. The Morgan fingerprint density at radius 2 is 2.30 bits per heavy atom. The van der Waals surface area contributed by atoms with E-state index in [-0.39, 0.29) is 12.0 Å². The molecule has 1 amide bonds. The number of rotatable bonds is 5. The predicted molar refractivity (Wildman–Crippen MR) is 94.9 cm³/mol. The quantitative estimate of drug-likeness (QED) is 0.789. The van der Waals surface area contributed by atoms with E-state index < -0.39 is 0 Å². The average Bonchev–Trinajstić information content (AvgIpc) is 3.38. The van der Waals surface area contributed by atoms with E-state index in [1.807, 2.05) is 11.0 Å². The largest absolute Gasteiger partial charge is 0.478 e. The van der Waals surface area contributed by atoms with Gasteiger partial charge >= 0.3 is 0 Å². The normalized spacial score (nSPS) is 23.9. The van der Waals surface area contributed by atoms with E-state index in [4.69, 9.17) is 14.7 Å². The molecule has 8 nitrogen and oxygen atoms in total. The van der Waals surface area contributed by atoms with Crippen molar-refractivity contribution in [3.8, 4) is 11.9 Å². The first-order valence-electron chi connectivity index (χ1n) is 9.03. The van der Waals surface area contributed by atoms with E-state index in [9.17, 15) is 4.79 Å². The number of amides is 1. The number of aromatic nitrogens is 3. The zero-order chi connectivity index (χ0) is 18.8. The van der Waals surface area contributed by atoms with Gasteiger partial charge in [0.05, 0.1) is 24.9 Å². The number of hydrogen-bond acceptors (Lipinski definition) is 6. The molecule has 0 radical (unpaired) electrons. The molecule has 0 spiro atoms. The summed E-state index contributed by atoms with van der Waals surface area (Å²) in [5.41, 5.74) is 1.11. The fourth-order valence-electron chi connectivity index (χ4n) is 3.85. The molecule has 0 N–H and O–H groups in total. The molecule has 3 atom stereocenters. The van der Waals surface area contributed by atoms with Crippen LogP contribution in [0, 0.1) is 23.2 Å². The summed E-state index contributed by atoms with van der Waals surface area (Å²) in [7, 11) is 1.78. The number of hydrogen-bond donors (Lipinski definition) is 0. The van der Waals surface area contributed by atoms with Gasteiger partial charge in [0.15, 0.2) is 0 Å². The molecule has 2 fully saturated rings. The lowest BCUT2D eigenvalue weighted by atomic mass is 9.91. The second-order valence-electron chi connectivity index (χ2n) is 6.98. The summed E-state index contributed by atoms with van der Waals surface area (Å²) in [5, 5.41) is 12.9. The lowest BCUT2D eigenvalue weighted by Gasteiger charge is -2.20. The standard InChI is InChI=1S/C19H21N5O3/c1-23-16(4-6-22-23)19(25)24-10-15-14(12-27-17(15)11-24)5-7-26-18-3-2-13(8-20)9-21-18/h2-4,6,9,14-15,17H,5,7,10-12H2,1H3/t14-,15-,17-/m0/s1. The maximum atomic E-state index is 12.7. The van der Waals surface area contributed by atoms with E-state index in [1.165, 1.54) is 6.20 Å². The summed E-state index contributed by atoms with van der Waals surface area (Å²) < 4.78 is 13.2. The van der Waals surface area contributed by atoms with E-state index in [0.717, 1.165) is 6.42 Å². The molecule has 2 aliphatic rings. The highest BCUT2D eigenvalue weighted by atomic mass is 16.5. The van der Waals surface area contributed by atoms with Crippen molar-refractivity contribution in [3.63, 3.8) is 0 Å². The van der Waals surface area contributed by atoms with Gasteiger partial charge in [-0.25, -0.2) is 4.98 Å². The van der Waals surface area contributed by atoms with Gasteiger partial charge in [0.2, 0.25) is 5.88 Å². The predicted octanol–water partition coefficient (Wildman–Crippen LogP) is 1.24. The van der Waals surface area contributed by atoms with Crippen LogP contribution in [0.3, 0.4) is 0 Å². The maximum absolute atomic E-state index is 12.7. The molecule has 0 saturated carbocycles. The van der Waals surface area contributed by atoms with Crippen molar-refractivity contribution < 1.29 is 14.3 Å². The molecule has 2 saturated heterocycles. The third-order valence-electron chi connectivity index (χ3n) is 5.37. The van der Waals surface area contributed by atoms with Crippen molar-refractivity contribution >= 4 is 5.91 Å². The van der Waals surface area contributed by atoms with Gasteiger partial charge in [-0.3, -0.25) is 9.48 Å². The van der Waals surface area contributed by atoms with E-state index in [0.29, 0.717) is 55.3 Å². The van der Waals surface area contributed by atoms with Crippen LogP contribution in [0.5, 0.6) is 5.88 Å². The van der Waals surface area contributed by atoms with Crippen molar-refractivity contribution in [2.75, 3.05) is 26.3 Å². The molecule has 2 aromatic rings. The van der Waals surface area contributed by atoms with Crippen LogP contribution in [-0.4, -0.2) is 58.0 Å². The summed E-state index contributed by atoms with van der Waals surface area (Å²) in [6.07, 6.45) is 4.08. The number of aryl methyl sites for hydroxylation is 1. The Hall–Kier alpha value is -2.92. The average molecular weight is 367 g/mol. The molecule has 140 valence electrons. The van der Waals surface area contributed by atoms with Crippen molar-refractivity contribution in [2.45, 2.75) is 12.5 Å². The maximum Gasteiger partial charge on any atom is 0.272 e. The Labute approximate surface area is 157 Å². The van der Waals surface area contributed by atoms with Crippen LogP contribution in [0.2, 0.25) is 0 Å². The highest BCUT2D eigenvalue weighted by Crippen LogP contribution is 2.36. The Morgan fingerprint density at radius 1 is 1.41 bits per heavy atom. The van der Waals surface area contributed by atoms with Gasteiger partial charge < -0.3 is 14.4 Å². The van der Waals surface area contributed by atoms with Crippen molar-refractivity contribution in [2.24, 2.45) is 18.9 Å². The van der Waals surface area contributed by atoms with Crippen LogP contribution < -0.4 is 4.74 Å². The second-order valence-corrected chi connectivity index (χ2v) is 6.98. The van der Waals surface area contributed by atoms with Gasteiger partial charge in [-0.15, -0.1) is 0 Å². The second kappa shape index (κ2) is 7.37. The lowest BCUT2D eigenvalue weighted by molar-refractivity contribution is 0.0663. The molecule has 0 aliphatic carbocycles. The number of likely N-dealkylation sites (tertiary alicyclic amines) is 1. The molecule has 0 bridgehead atoms. The number of carbonyl (C=O) groups excluding carboxylic acids is 1. The lowest BCUT2D eigenvalue weighted by Crippen LogP contribution is -2.32. The number of ether oxygens (including phenoxy) is 2. The van der Waals surface area contributed by atoms with Crippen LogP contribution in [-0.2, 0) is 11.8 Å². The van der Waals surface area contributed by atoms with Gasteiger partial charge in [-0.2, -0.15) is 10.4 Å². The molecule has 4 rings (SSSR count). The first-order chi connectivity index (χ1) is 13.2. The van der Waals surface area contributed by atoms with Crippen LogP contribution in [0.4, 0.5) is 0 Å². The minimum atomic E-state index is 0.00443. The minimum absolute atomic E-state index is 0.00443. The van der Waals surface area contributed by atoms with E-state index >= 15 is 0 Å². The molecular weight excluding hydrogens is 346 g/mol. The summed E-state index contributed by atoms with van der Waals surface area (Å²) in [4.78, 5) is 18.6. The van der Waals surface area contributed by atoms with Crippen LogP contribution >= 0.6 is 0 Å². The molecule has 2 aliphatic heterocycles. The van der Waals surface area contributed by atoms with Crippen molar-refractivity contribution in [3.05, 3.63) is 41.9 Å². The SMILES string of the molecule is Cn1nccc1C(=O)N1C[C@H]2[C@@H](CCOc3ccc(C#N)cn3)CO[C@H]2C1. The number of pyridine rings is 1. The number of nitriles is 1. The number of nitrogens with zero attached hydrogens (tertiary/aromatic N) is 5. The van der Waals surface area contributed by atoms with E-state index in [1.54, 1.807) is 36.1 Å². The van der Waals surface area contributed by atoms with Crippen molar-refractivity contribution in [1.82, 2.24) is 19.7 Å². The summed E-state index contributed by atoms with van der Waals surface area (Å²) in [6.45, 7) is 2.57. The molecule has 0 aromatic carbocycles. The Balaban J connectivity index is 1.30. The Bertz CT molecular complexity index is 857. The third kappa shape index (κ3) is 3.51. The third-order valence-corrected chi connectivity index (χ3v) is 5.37. The molecule has 8 heteroatoms. The summed E-state index contributed by atoms with van der Waals surface area (Å²) in [6, 6.07) is 7.17. The highest BCUT2D eigenvalue weighted by Gasteiger charge is 2.45. The fraction of sp³-hybridized carbons (Fsp3) is 0.474. The smallest absolute Gasteiger partial charge is 0.272 e. The topological polar surface area (TPSA) is 93.3 Å². The summed E-state index contributed by atoms with van der Waals surface area (Å²) >= 11 is 0. The van der Waals surface area contributed by atoms with Crippen LogP contribution in [0.1, 0.15) is 22.5 Å². The van der Waals surface area contributed by atoms with Gasteiger partial charge in [-0.05, 0) is 24.5 Å². The molecule has 0 unspecified atom stereocenters. The van der Waals surface area contributed by atoms with Crippen molar-refractivity contribution in [1.29, 1.82) is 5.26 Å². The Morgan fingerprint density at radius 3 is 3.00 bits per heavy atom. The minimum Gasteiger partial charge on any atom is -0.478 e. The fourth-order valence-corrected chi connectivity index (χ4v) is 3.85. The van der Waals surface area contributed by atoms with E-state index in [2.05, 4.69) is 10.1 Å². The van der Waals surface area contributed by atoms with Gasteiger partial charge in [0.25, 0.3) is 5.91 Å². The van der Waals surface area contributed by atoms with Gasteiger partial charge in [-0.1, -0.05) is 0 Å². The molecule has 27 heavy (non-hydrogen) atoms. The first-order valence-corrected chi connectivity index (χ1v) is 9.03. The van der Waals surface area contributed by atoms with Crippen LogP contribution in [0.15, 0.2) is 30.6 Å². The van der Waals surface area contributed by atoms with Gasteiger partial charge in [0.1, 0.15) is 11.8 Å². The molecule has 4 heterocycles. The van der Waals surface area contributed by atoms with Crippen LogP contribution in [0.25, 0.3) is 0 Å². The van der Waals surface area contributed by atoms with Gasteiger partial charge in [0, 0.05) is 44.5 Å². The first kappa shape index (κ1) is 17.5. The summed E-state index contributed by atoms with van der Waals surface area (Å²) in [5.74, 6) is 1.21. The monoisotopic (exact) mass is 367 g/mol.